The average Bonchev–Trinajstić information content (AvgIpc) is 3.41. The van der Waals surface area contributed by atoms with Crippen LogP contribution in [0.25, 0.3) is 5.65 Å². The number of carbonyl (C=O) groups is 1. The first-order valence-electron chi connectivity index (χ1n) is 10.5. The number of halogens is 1. The second-order valence-corrected chi connectivity index (χ2v) is 8.05. The minimum atomic E-state index is -1.03. The van der Waals surface area contributed by atoms with Crippen LogP contribution in [0.15, 0.2) is 35.2 Å². The summed E-state index contributed by atoms with van der Waals surface area (Å²) in [5.41, 5.74) is 1.99. The fraction of sp³-hybridized carbons (Fsp3) is 0.524. The summed E-state index contributed by atoms with van der Waals surface area (Å²) in [7, 11) is 0. The molecule has 0 radical (unpaired) electrons. The third-order valence-corrected chi connectivity index (χ3v) is 6.05. The van der Waals surface area contributed by atoms with Crippen LogP contribution in [0, 0.1) is 0 Å². The molecule has 2 atom stereocenters. The normalized spacial score (nSPS) is 25.0. The van der Waals surface area contributed by atoms with Gasteiger partial charge in [-0.1, -0.05) is 0 Å². The molecule has 8 nitrogen and oxygen atoms in total. The Morgan fingerprint density at radius 2 is 2.13 bits per heavy atom. The maximum atomic E-state index is 13.8. The molecule has 1 N–H and O–H groups in total. The maximum Gasteiger partial charge on any atom is 0.256 e. The third-order valence-electron chi connectivity index (χ3n) is 6.05. The van der Waals surface area contributed by atoms with Gasteiger partial charge in [-0.25, -0.2) is 13.9 Å². The van der Waals surface area contributed by atoms with E-state index < -0.39 is 6.17 Å². The van der Waals surface area contributed by atoms with Crippen LogP contribution in [-0.4, -0.2) is 64.7 Å². The van der Waals surface area contributed by atoms with Gasteiger partial charge in [-0.3, -0.25) is 9.79 Å². The van der Waals surface area contributed by atoms with Crippen molar-refractivity contribution in [2.75, 3.05) is 24.7 Å². The van der Waals surface area contributed by atoms with Gasteiger partial charge in [0.15, 0.2) is 5.65 Å². The monoisotopic (exact) mass is 412 g/mol. The number of hydrogen-bond donors (Lipinski definition) is 1. The molecule has 2 aromatic rings. The van der Waals surface area contributed by atoms with Crippen LogP contribution in [-0.2, 0) is 4.74 Å². The lowest BCUT2D eigenvalue weighted by Gasteiger charge is -2.29. The first-order valence-corrected chi connectivity index (χ1v) is 10.5. The molecular weight excluding hydrogens is 387 g/mol. The van der Waals surface area contributed by atoms with Gasteiger partial charge in [0, 0.05) is 50.8 Å². The zero-order valence-electron chi connectivity index (χ0n) is 16.7. The molecule has 3 aliphatic rings. The van der Waals surface area contributed by atoms with Gasteiger partial charge in [0.05, 0.1) is 12.2 Å². The van der Waals surface area contributed by atoms with E-state index in [9.17, 15) is 9.18 Å². The Kier molecular flexibility index (Phi) is 5.20. The Balaban J connectivity index is 1.40. The van der Waals surface area contributed by atoms with E-state index in [0.29, 0.717) is 30.8 Å². The number of alkyl halides is 1. The van der Waals surface area contributed by atoms with Gasteiger partial charge in [-0.2, -0.15) is 5.10 Å². The molecule has 2 saturated heterocycles. The minimum absolute atomic E-state index is 0.0816. The van der Waals surface area contributed by atoms with Gasteiger partial charge in [-0.05, 0) is 37.3 Å². The minimum Gasteiger partial charge on any atom is -0.381 e. The Bertz CT molecular complexity index is 997. The Hall–Kier alpha value is -2.81. The van der Waals surface area contributed by atoms with Crippen molar-refractivity contribution < 1.29 is 13.9 Å². The fourth-order valence-corrected chi connectivity index (χ4v) is 4.50. The van der Waals surface area contributed by atoms with Crippen molar-refractivity contribution in [3.05, 3.63) is 35.8 Å². The lowest BCUT2D eigenvalue weighted by atomic mass is 9.99. The summed E-state index contributed by atoms with van der Waals surface area (Å²) in [6.07, 6.45) is 9.43. The van der Waals surface area contributed by atoms with E-state index in [-0.39, 0.29) is 18.0 Å². The fourth-order valence-electron chi connectivity index (χ4n) is 4.50. The summed E-state index contributed by atoms with van der Waals surface area (Å²) in [4.78, 5) is 23.9. The second kappa shape index (κ2) is 8.14. The molecule has 5 heterocycles. The summed E-state index contributed by atoms with van der Waals surface area (Å²) in [6, 6.07) is 2.09. The van der Waals surface area contributed by atoms with Crippen molar-refractivity contribution in [3.63, 3.8) is 0 Å². The van der Waals surface area contributed by atoms with E-state index in [4.69, 9.17) is 9.72 Å². The van der Waals surface area contributed by atoms with E-state index in [2.05, 4.69) is 20.3 Å². The first kappa shape index (κ1) is 19.2. The van der Waals surface area contributed by atoms with Crippen LogP contribution in [0.2, 0.25) is 0 Å². The molecule has 1 amide bonds. The molecule has 158 valence electrons. The highest BCUT2D eigenvalue weighted by atomic mass is 19.1. The van der Waals surface area contributed by atoms with Crippen molar-refractivity contribution in [1.29, 1.82) is 0 Å². The molecule has 2 fully saturated rings. The largest absolute Gasteiger partial charge is 0.381 e. The van der Waals surface area contributed by atoms with Crippen molar-refractivity contribution in [1.82, 2.24) is 19.9 Å². The quantitative estimate of drug-likeness (QED) is 0.833. The number of aromatic nitrogens is 3. The summed E-state index contributed by atoms with van der Waals surface area (Å²) >= 11 is 0. The summed E-state index contributed by atoms with van der Waals surface area (Å²) in [5.74, 6) is 0.612. The standard InChI is InChI=1S/C21H25FN6O2/c22-15-10-14(11-23-12-15)18-2-1-6-27(18)19-3-7-28-20(26-19)17(13-24-28)21(29)25-16-4-8-30-9-5-16/h3,7,11-13,15-16,18H,1-2,4-6,8-10H2,(H,25,29)/t15?,18-/m1/s1. The van der Waals surface area contributed by atoms with Crippen LogP contribution >= 0.6 is 0 Å². The van der Waals surface area contributed by atoms with Crippen LogP contribution in [0.1, 0.15) is 42.5 Å². The van der Waals surface area contributed by atoms with Crippen LogP contribution in [0.4, 0.5) is 10.2 Å². The molecule has 0 saturated carbocycles. The number of fused-ring (bicyclic) bond motifs is 1. The molecule has 5 rings (SSSR count). The number of nitrogens with zero attached hydrogens (tertiary/aromatic N) is 5. The molecule has 0 aliphatic carbocycles. The number of hydrogen-bond acceptors (Lipinski definition) is 6. The Labute approximate surface area is 173 Å². The molecule has 2 aromatic heterocycles. The van der Waals surface area contributed by atoms with Gasteiger partial charge in [0.25, 0.3) is 5.91 Å². The van der Waals surface area contributed by atoms with E-state index in [1.54, 1.807) is 16.9 Å². The average molecular weight is 412 g/mol. The zero-order chi connectivity index (χ0) is 20.5. The van der Waals surface area contributed by atoms with Gasteiger partial charge in [-0.15, -0.1) is 0 Å². The Morgan fingerprint density at radius 3 is 2.97 bits per heavy atom. The van der Waals surface area contributed by atoms with E-state index in [1.807, 2.05) is 12.3 Å². The van der Waals surface area contributed by atoms with E-state index >= 15 is 0 Å². The van der Waals surface area contributed by atoms with Gasteiger partial charge in [0.1, 0.15) is 17.6 Å². The maximum absolute atomic E-state index is 13.8. The predicted octanol–water partition coefficient (Wildman–Crippen LogP) is 2.30. The van der Waals surface area contributed by atoms with Crippen molar-refractivity contribution >= 4 is 23.6 Å². The van der Waals surface area contributed by atoms with E-state index in [1.165, 1.54) is 6.21 Å². The number of rotatable bonds is 4. The third kappa shape index (κ3) is 3.69. The highest BCUT2D eigenvalue weighted by Crippen LogP contribution is 2.32. The number of nitrogens with one attached hydrogen (secondary N) is 1. The lowest BCUT2D eigenvalue weighted by Crippen LogP contribution is -2.39. The zero-order valence-corrected chi connectivity index (χ0v) is 16.7. The molecule has 30 heavy (non-hydrogen) atoms. The van der Waals surface area contributed by atoms with Crippen LogP contribution < -0.4 is 10.2 Å². The highest BCUT2D eigenvalue weighted by molar-refractivity contribution is 5.99. The summed E-state index contributed by atoms with van der Waals surface area (Å²) in [6.45, 7) is 2.17. The number of aliphatic imine (C=N–C) groups is 1. The van der Waals surface area contributed by atoms with Crippen LogP contribution in [0.5, 0.6) is 0 Å². The molecule has 0 spiro atoms. The number of ether oxygens (including phenoxy) is 1. The molecule has 0 bridgehead atoms. The van der Waals surface area contributed by atoms with Crippen molar-refractivity contribution in [2.24, 2.45) is 4.99 Å². The number of anilines is 1. The Morgan fingerprint density at radius 1 is 1.27 bits per heavy atom. The number of carbonyl (C=O) groups excluding carboxylic acids is 1. The van der Waals surface area contributed by atoms with Crippen LogP contribution in [0.3, 0.4) is 0 Å². The number of amides is 1. The van der Waals surface area contributed by atoms with Crippen molar-refractivity contribution in [3.8, 4) is 0 Å². The second-order valence-electron chi connectivity index (χ2n) is 8.05. The summed E-state index contributed by atoms with van der Waals surface area (Å²) < 4.78 is 20.8. The first-order chi connectivity index (χ1) is 14.7. The topological polar surface area (TPSA) is 84.1 Å². The van der Waals surface area contributed by atoms with E-state index in [0.717, 1.165) is 43.6 Å². The van der Waals surface area contributed by atoms with Gasteiger partial charge in [0.2, 0.25) is 0 Å². The van der Waals surface area contributed by atoms with Crippen molar-refractivity contribution in [2.45, 2.75) is 50.4 Å². The smallest absolute Gasteiger partial charge is 0.256 e. The molecule has 3 aliphatic heterocycles. The SMILES string of the molecule is O=C(NC1CCOCC1)c1cnn2ccc(N3CCC[C@@H]3C3=CN=CC(F)C3)nc12. The summed E-state index contributed by atoms with van der Waals surface area (Å²) in [5, 5.41) is 7.36. The lowest BCUT2D eigenvalue weighted by molar-refractivity contribution is 0.0697. The van der Waals surface area contributed by atoms with Gasteiger partial charge >= 0.3 is 0 Å². The highest BCUT2D eigenvalue weighted by Gasteiger charge is 2.31. The predicted molar refractivity (Wildman–Crippen MR) is 111 cm³/mol. The molecular formula is C21H25FN6O2. The molecule has 1 unspecified atom stereocenters. The van der Waals surface area contributed by atoms with Gasteiger partial charge < -0.3 is 15.0 Å². The molecule has 0 aromatic carbocycles. The molecule has 9 heteroatoms.